The van der Waals surface area contributed by atoms with Gasteiger partial charge < -0.3 is 16.4 Å². The first kappa shape index (κ1) is 14.4. The van der Waals surface area contributed by atoms with Gasteiger partial charge in [0.15, 0.2) is 0 Å². The molecule has 1 unspecified atom stereocenters. The lowest BCUT2D eigenvalue weighted by atomic mass is 10.1. The lowest BCUT2D eigenvalue weighted by Gasteiger charge is -2.12. The van der Waals surface area contributed by atoms with Gasteiger partial charge in [-0.1, -0.05) is 0 Å². The summed E-state index contributed by atoms with van der Waals surface area (Å²) in [5.74, 6) is -1.07. The van der Waals surface area contributed by atoms with E-state index >= 15 is 0 Å². The number of nitrogens with zero attached hydrogens (tertiary/aromatic N) is 1. The molecular weight excluding hydrogens is 252 g/mol. The zero-order valence-electron chi connectivity index (χ0n) is 10.5. The highest BCUT2D eigenvalue weighted by atomic mass is 16.6. The Bertz CT molecular complexity index is 529. The average Bonchev–Trinajstić information content (AvgIpc) is 2.37. The molecule has 0 radical (unpaired) electrons. The number of primary amides is 1. The number of nitrogens with two attached hydrogens (primary N) is 1. The van der Waals surface area contributed by atoms with Crippen molar-refractivity contribution in [1.82, 2.24) is 5.32 Å². The van der Waals surface area contributed by atoms with Gasteiger partial charge >= 0.3 is 0 Å². The molecule has 0 heterocycles. The van der Waals surface area contributed by atoms with Crippen molar-refractivity contribution in [2.24, 2.45) is 5.73 Å². The Balaban J connectivity index is 3.15. The van der Waals surface area contributed by atoms with Crippen molar-refractivity contribution in [3.8, 4) is 0 Å². The first-order valence-corrected chi connectivity index (χ1v) is 5.43. The minimum atomic E-state index is -0.760. The fourth-order valence-corrected chi connectivity index (χ4v) is 1.39. The smallest absolute Gasteiger partial charge is 0.293 e. The van der Waals surface area contributed by atoms with E-state index in [1.165, 1.54) is 26.1 Å². The number of hydrogen-bond acceptors (Lipinski definition) is 5. The van der Waals surface area contributed by atoms with E-state index in [1.807, 2.05) is 0 Å². The molecule has 0 aromatic heterocycles. The highest BCUT2D eigenvalue weighted by Crippen LogP contribution is 2.26. The van der Waals surface area contributed by atoms with Crippen LogP contribution >= 0.6 is 0 Å². The first-order chi connectivity index (χ1) is 8.86. The number of anilines is 1. The largest absolute Gasteiger partial charge is 0.368 e. The summed E-state index contributed by atoms with van der Waals surface area (Å²) in [6.07, 6.45) is 0. The van der Waals surface area contributed by atoms with Gasteiger partial charge in [-0.2, -0.15) is 0 Å². The van der Waals surface area contributed by atoms with Crippen molar-refractivity contribution >= 4 is 23.2 Å². The zero-order chi connectivity index (χ0) is 14.6. The Morgan fingerprint density at radius 3 is 2.53 bits per heavy atom. The predicted molar refractivity (Wildman–Crippen MR) is 68.8 cm³/mol. The second-order valence-corrected chi connectivity index (χ2v) is 3.84. The van der Waals surface area contributed by atoms with Crippen LogP contribution in [0.5, 0.6) is 0 Å². The number of rotatable bonds is 5. The molecular formula is C11H14N4O4. The molecule has 0 bridgehead atoms. The van der Waals surface area contributed by atoms with E-state index in [4.69, 9.17) is 5.73 Å². The number of nitrogens with one attached hydrogen (secondary N) is 2. The minimum Gasteiger partial charge on any atom is -0.368 e. The van der Waals surface area contributed by atoms with E-state index in [1.54, 1.807) is 0 Å². The second-order valence-electron chi connectivity index (χ2n) is 3.84. The van der Waals surface area contributed by atoms with E-state index in [9.17, 15) is 19.7 Å². The molecule has 8 heteroatoms. The molecule has 0 aliphatic rings. The maximum Gasteiger partial charge on any atom is 0.293 e. The lowest BCUT2D eigenvalue weighted by Crippen LogP contribution is -2.32. The van der Waals surface area contributed by atoms with E-state index in [0.717, 1.165) is 6.07 Å². The van der Waals surface area contributed by atoms with Gasteiger partial charge in [-0.05, 0) is 19.1 Å². The van der Waals surface area contributed by atoms with E-state index in [0.29, 0.717) is 0 Å². The summed E-state index contributed by atoms with van der Waals surface area (Å²) >= 11 is 0. The summed E-state index contributed by atoms with van der Waals surface area (Å²) in [7, 11) is 1.43. The quantitative estimate of drug-likeness (QED) is 0.519. The van der Waals surface area contributed by atoms with Gasteiger partial charge in [0.1, 0.15) is 11.7 Å². The summed E-state index contributed by atoms with van der Waals surface area (Å²) in [5.41, 5.74) is 5.06. The molecule has 102 valence electrons. The van der Waals surface area contributed by atoms with Crippen molar-refractivity contribution in [1.29, 1.82) is 0 Å². The topological polar surface area (TPSA) is 127 Å². The monoisotopic (exact) mass is 266 g/mol. The molecule has 1 atom stereocenters. The van der Waals surface area contributed by atoms with Crippen molar-refractivity contribution in [2.45, 2.75) is 13.0 Å². The summed E-state index contributed by atoms with van der Waals surface area (Å²) in [6.45, 7) is 1.48. The maximum absolute atomic E-state index is 11.4. The average molecular weight is 266 g/mol. The number of carbonyl (C=O) groups excluding carboxylic acids is 2. The number of nitro benzene ring substituents is 1. The van der Waals surface area contributed by atoms with Crippen LogP contribution in [0.25, 0.3) is 0 Å². The summed E-state index contributed by atoms with van der Waals surface area (Å²) in [4.78, 5) is 32.7. The van der Waals surface area contributed by atoms with E-state index in [2.05, 4.69) is 10.6 Å². The first-order valence-electron chi connectivity index (χ1n) is 5.43. The second kappa shape index (κ2) is 5.80. The van der Waals surface area contributed by atoms with Crippen molar-refractivity contribution in [3.63, 3.8) is 0 Å². The Morgan fingerprint density at radius 1 is 1.42 bits per heavy atom. The van der Waals surface area contributed by atoms with Gasteiger partial charge in [-0.3, -0.25) is 19.7 Å². The number of benzene rings is 1. The highest BCUT2D eigenvalue weighted by molar-refractivity contribution is 5.95. The third kappa shape index (κ3) is 3.41. The minimum absolute atomic E-state index is 0.129. The molecule has 1 aromatic carbocycles. The van der Waals surface area contributed by atoms with Gasteiger partial charge in [0.2, 0.25) is 5.91 Å². The predicted octanol–water partition coefficient (Wildman–Crippen LogP) is 0.240. The van der Waals surface area contributed by atoms with Crippen LogP contribution in [0.4, 0.5) is 11.4 Å². The van der Waals surface area contributed by atoms with E-state index < -0.39 is 22.8 Å². The normalized spacial score (nSPS) is 11.5. The molecule has 1 rings (SSSR count). The molecule has 1 aromatic rings. The summed E-state index contributed by atoms with van der Waals surface area (Å²) in [5, 5.41) is 16.0. The van der Waals surface area contributed by atoms with Crippen LogP contribution < -0.4 is 16.4 Å². The van der Waals surface area contributed by atoms with Crippen LogP contribution in [0.2, 0.25) is 0 Å². The van der Waals surface area contributed by atoms with Crippen LogP contribution in [0.3, 0.4) is 0 Å². The van der Waals surface area contributed by atoms with Crippen molar-refractivity contribution in [3.05, 3.63) is 33.9 Å². The Kier molecular flexibility index (Phi) is 4.41. The Hall–Kier alpha value is -2.64. The summed E-state index contributed by atoms with van der Waals surface area (Å²) < 4.78 is 0. The molecule has 8 nitrogen and oxygen atoms in total. The van der Waals surface area contributed by atoms with Crippen LogP contribution in [0.15, 0.2) is 18.2 Å². The van der Waals surface area contributed by atoms with Gasteiger partial charge in [0, 0.05) is 18.7 Å². The third-order valence-corrected chi connectivity index (χ3v) is 2.48. The van der Waals surface area contributed by atoms with Gasteiger partial charge in [-0.25, -0.2) is 0 Å². The van der Waals surface area contributed by atoms with Crippen LogP contribution in [0, 0.1) is 10.1 Å². The molecule has 4 N–H and O–H groups in total. The third-order valence-electron chi connectivity index (χ3n) is 2.48. The zero-order valence-corrected chi connectivity index (χ0v) is 10.5. The Labute approximate surface area is 109 Å². The highest BCUT2D eigenvalue weighted by Gasteiger charge is 2.19. The maximum atomic E-state index is 11.4. The standard InChI is InChI=1S/C11H14N4O4/c1-6(10(12)16)14-8-4-3-7(11(17)13-2)5-9(8)15(18)19/h3-6,14H,1-2H3,(H2,12,16)(H,13,17). The van der Waals surface area contributed by atoms with Gasteiger partial charge in [0.05, 0.1) is 4.92 Å². The van der Waals surface area contributed by atoms with Gasteiger partial charge in [-0.15, -0.1) is 0 Å². The lowest BCUT2D eigenvalue weighted by molar-refractivity contribution is -0.384. The van der Waals surface area contributed by atoms with Gasteiger partial charge in [0.25, 0.3) is 11.6 Å². The molecule has 0 fully saturated rings. The molecule has 2 amide bonds. The fourth-order valence-electron chi connectivity index (χ4n) is 1.39. The van der Waals surface area contributed by atoms with Crippen LogP contribution in [-0.2, 0) is 4.79 Å². The molecule has 0 aliphatic heterocycles. The number of carbonyl (C=O) groups is 2. The van der Waals surface area contributed by atoms with E-state index in [-0.39, 0.29) is 16.9 Å². The van der Waals surface area contributed by atoms with Crippen LogP contribution in [0.1, 0.15) is 17.3 Å². The fraction of sp³-hybridized carbons (Fsp3) is 0.273. The molecule has 19 heavy (non-hydrogen) atoms. The summed E-state index contributed by atoms with van der Waals surface area (Å²) in [6, 6.07) is 3.16. The molecule has 0 saturated carbocycles. The molecule has 0 spiro atoms. The molecule has 0 saturated heterocycles. The van der Waals surface area contributed by atoms with Crippen molar-refractivity contribution < 1.29 is 14.5 Å². The number of amides is 2. The van der Waals surface area contributed by atoms with Crippen LogP contribution in [-0.4, -0.2) is 29.8 Å². The Morgan fingerprint density at radius 2 is 2.05 bits per heavy atom. The van der Waals surface area contributed by atoms with Crippen molar-refractivity contribution in [2.75, 3.05) is 12.4 Å². The number of hydrogen-bond donors (Lipinski definition) is 3. The molecule has 0 aliphatic carbocycles. The SMILES string of the molecule is CNC(=O)c1ccc(NC(C)C(N)=O)c([N+](=O)[O-])c1. The number of nitro groups is 1.